The van der Waals surface area contributed by atoms with Gasteiger partial charge in [0.25, 0.3) is 0 Å². The molecule has 6 heteroatoms. The smallest absolute Gasteiger partial charge is 0.346 e. The zero-order valence-corrected chi connectivity index (χ0v) is 13.4. The molecule has 2 heterocycles. The molecule has 0 aromatic carbocycles. The summed E-state index contributed by atoms with van der Waals surface area (Å²) < 4.78 is 0.590. The van der Waals surface area contributed by atoms with Crippen LogP contribution >= 0.6 is 23.6 Å². The molecule has 0 radical (unpaired) electrons. The first-order valence-corrected chi connectivity index (χ1v) is 8.22. The van der Waals surface area contributed by atoms with Crippen LogP contribution in [0.25, 0.3) is 10.2 Å². The number of aryl methyl sites for hydroxylation is 1. The summed E-state index contributed by atoms with van der Waals surface area (Å²) in [6.07, 6.45) is 7.81. The lowest BCUT2D eigenvalue weighted by atomic mass is 9.97. The lowest BCUT2D eigenvalue weighted by Crippen LogP contribution is -2.01. The van der Waals surface area contributed by atoms with Crippen LogP contribution in [0.3, 0.4) is 0 Å². The minimum atomic E-state index is -0.915. The van der Waals surface area contributed by atoms with Crippen molar-refractivity contribution >= 4 is 39.7 Å². The number of nitrogens with one attached hydrogen (secondary N) is 1. The van der Waals surface area contributed by atoms with Crippen LogP contribution in [-0.2, 0) is 6.42 Å². The second kappa shape index (κ2) is 5.69. The van der Waals surface area contributed by atoms with Crippen LogP contribution in [0, 0.1) is 11.6 Å². The minimum absolute atomic E-state index is 0.325. The van der Waals surface area contributed by atoms with Gasteiger partial charge in [0.2, 0.25) is 0 Å². The van der Waals surface area contributed by atoms with Crippen molar-refractivity contribution in [2.75, 3.05) is 0 Å². The van der Waals surface area contributed by atoms with Crippen molar-refractivity contribution in [2.24, 2.45) is 0 Å². The van der Waals surface area contributed by atoms with Crippen LogP contribution in [0.5, 0.6) is 0 Å². The number of thiophene rings is 1. The fourth-order valence-corrected chi connectivity index (χ4v) is 4.24. The number of hydrogen-bond donors (Lipinski definition) is 2. The summed E-state index contributed by atoms with van der Waals surface area (Å²) >= 11 is 6.60. The lowest BCUT2D eigenvalue weighted by Gasteiger charge is -2.12. The van der Waals surface area contributed by atoms with E-state index in [0.29, 0.717) is 15.1 Å². The fraction of sp³-hybridized carbons (Fsp3) is 0.400. The maximum Gasteiger partial charge on any atom is 0.346 e. The summed E-state index contributed by atoms with van der Waals surface area (Å²) in [5.41, 5.74) is 2.10. The predicted octanol–water partition coefficient (Wildman–Crippen LogP) is 4.40. The van der Waals surface area contributed by atoms with Crippen LogP contribution < -0.4 is 0 Å². The van der Waals surface area contributed by atoms with Gasteiger partial charge in [0.15, 0.2) is 0 Å². The third-order valence-electron chi connectivity index (χ3n) is 3.82. The normalized spacial score (nSPS) is 15.2. The Morgan fingerprint density at radius 1 is 1.52 bits per heavy atom. The molecule has 0 spiro atoms. The molecule has 0 aliphatic heterocycles. The number of carboxylic acids is 1. The predicted molar refractivity (Wildman–Crippen MR) is 86.8 cm³/mol. The third kappa shape index (κ3) is 2.78. The van der Waals surface area contributed by atoms with Crippen LogP contribution in [0.2, 0.25) is 0 Å². The van der Waals surface area contributed by atoms with Gasteiger partial charge in [0, 0.05) is 11.8 Å². The Balaban J connectivity index is 2.04. The van der Waals surface area contributed by atoms with E-state index in [4.69, 9.17) is 12.2 Å². The van der Waals surface area contributed by atoms with Gasteiger partial charge in [-0.25, -0.2) is 9.78 Å². The maximum absolute atomic E-state index is 11.2. The standard InChI is InChI=1S/C15H16N2O2S2/c1-8-11-13(20)16-10(7-9-5-3-2-4-6-9)17-14(11)21-12(8)15(18)19/h5H,2-4,6-7H2,1H3,(H,18,19)(H,16,17,20). The van der Waals surface area contributed by atoms with E-state index >= 15 is 0 Å². The van der Waals surface area contributed by atoms with Crippen molar-refractivity contribution in [3.63, 3.8) is 0 Å². The molecule has 0 fully saturated rings. The Labute approximate surface area is 131 Å². The van der Waals surface area contributed by atoms with Crippen molar-refractivity contribution < 1.29 is 9.90 Å². The van der Waals surface area contributed by atoms with Gasteiger partial charge in [-0.15, -0.1) is 11.3 Å². The van der Waals surface area contributed by atoms with E-state index in [1.54, 1.807) is 6.92 Å². The second-order valence-electron chi connectivity index (χ2n) is 5.34. The highest BCUT2D eigenvalue weighted by Gasteiger charge is 2.17. The van der Waals surface area contributed by atoms with Gasteiger partial charge in [-0.2, -0.15) is 0 Å². The number of carbonyl (C=O) groups is 1. The number of hydrogen-bond acceptors (Lipinski definition) is 4. The molecule has 21 heavy (non-hydrogen) atoms. The molecule has 2 N–H and O–H groups in total. The molecule has 0 unspecified atom stereocenters. The topological polar surface area (TPSA) is 66.0 Å². The Morgan fingerprint density at radius 3 is 3.00 bits per heavy atom. The molecule has 2 aromatic rings. The molecule has 0 amide bonds. The average molecular weight is 320 g/mol. The first-order chi connectivity index (χ1) is 10.1. The van der Waals surface area contributed by atoms with Gasteiger partial charge < -0.3 is 10.1 Å². The number of rotatable bonds is 3. The third-order valence-corrected chi connectivity index (χ3v) is 5.30. The number of H-pyrrole nitrogens is 1. The molecule has 1 aliphatic rings. The summed E-state index contributed by atoms with van der Waals surface area (Å²) in [5.74, 6) is -0.0831. The number of nitrogens with zero attached hydrogens (tertiary/aromatic N) is 1. The number of fused-ring (bicyclic) bond motifs is 1. The van der Waals surface area contributed by atoms with Gasteiger partial charge in [-0.1, -0.05) is 23.9 Å². The molecule has 4 nitrogen and oxygen atoms in total. The van der Waals surface area contributed by atoms with Gasteiger partial charge in [-0.05, 0) is 38.2 Å². The quantitative estimate of drug-likeness (QED) is 0.649. The SMILES string of the molecule is Cc1c(C(=O)O)sc2nc(CC3=CCCCC3)[nH]c(=S)c12. The highest BCUT2D eigenvalue weighted by atomic mass is 32.1. The van der Waals surface area contributed by atoms with Crippen LogP contribution in [0.4, 0.5) is 0 Å². The monoisotopic (exact) mass is 320 g/mol. The summed E-state index contributed by atoms with van der Waals surface area (Å²) in [7, 11) is 0. The summed E-state index contributed by atoms with van der Waals surface area (Å²) in [4.78, 5) is 20.0. The fourth-order valence-electron chi connectivity index (χ4n) is 2.76. The van der Waals surface area contributed by atoms with Gasteiger partial charge in [-0.3, -0.25) is 0 Å². The number of allylic oxidation sites excluding steroid dienone is 2. The molecule has 110 valence electrons. The Bertz CT molecular complexity index is 802. The average Bonchev–Trinajstić information content (AvgIpc) is 2.77. The second-order valence-corrected chi connectivity index (χ2v) is 6.75. The van der Waals surface area contributed by atoms with E-state index in [2.05, 4.69) is 16.0 Å². The molecule has 2 aromatic heterocycles. The van der Waals surface area contributed by atoms with E-state index in [-0.39, 0.29) is 0 Å². The molecular formula is C15H16N2O2S2. The number of aromatic amines is 1. The molecule has 0 atom stereocenters. The first kappa shape index (κ1) is 14.4. The minimum Gasteiger partial charge on any atom is -0.477 e. The van der Waals surface area contributed by atoms with Crippen molar-refractivity contribution in [3.05, 3.63) is 32.6 Å². The molecule has 1 aliphatic carbocycles. The van der Waals surface area contributed by atoms with E-state index in [1.165, 1.54) is 29.8 Å². The van der Waals surface area contributed by atoms with Gasteiger partial charge in [0.1, 0.15) is 20.2 Å². The van der Waals surface area contributed by atoms with Crippen LogP contribution in [-0.4, -0.2) is 21.0 Å². The van der Waals surface area contributed by atoms with E-state index < -0.39 is 5.97 Å². The number of aromatic nitrogens is 2. The zero-order valence-electron chi connectivity index (χ0n) is 11.7. The van der Waals surface area contributed by atoms with Crippen LogP contribution in [0.15, 0.2) is 11.6 Å². The first-order valence-electron chi connectivity index (χ1n) is 6.99. The summed E-state index contributed by atoms with van der Waals surface area (Å²) in [5, 5.41) is 9.99. The summed E-state index contributed by atoms with van der Waals surface area (Å²) in [6.45, 7) is 1.79. The molecule has 0 saturated carbocycles. The van der Waals surface area contributed by atoms with Crippen LogP contribution in [0.1, 0.15) is 46.7 Å². The molecule has 0 bridgehead atoms. The highest BCUT2D eigenvalue weighted by Crippen LogP contribution is 2.30. The van der Waals surface area contributed by atoms with E-state index in [1.807, 2.05) is 0 Å². The maximum atomic E-state index is 11.2. The molecule has 3 rings (SSSR count). The Morgan fingerprint density at radius 2 is 2.33 bits per heavy atom. The van der Waals surface area contributed by atoms with Crippen molar-refractivity contribution in [3.8, 4) is 0 Å². The Kier molecular flexibility index (Phi) is 3.91. The summed E-state index contributed by atoms with van der Waals surface area (Å²) in [6, 6.07) is 0. The Hall–Kier alpha value is -1.53. The highest BCUT2D eigenvalue weighted by molar-refractivity contribution is 7.71. The van der Waals surface area contributed by atoms with Crippen molar-refractivity contribution in [1.82, 2.24) is 9.97 Å². The zero-order chi connectivity index (χ0) is 15.0. The van der Waals surface area contributed by atoms with Crippen molar-refractivity contribution in [2.45, 2.75) is 39.0 Å². The number of carboxylic acid groups (broad SMARTS) is 1. The lowest BCUT2D eigenvalue weighted by molar-refractivity contribution is 0.0701. The van der Waals surface area contributed by atoms with E-state index in [0.717, 1.165) is 35.3 Å². The number of aromatic carboxylic acids is 1. The molecule has 0 saturated heterocycles. The van der Waals surface area contributed by atoms with E-state index in [9.17, 15) is 9.90 Å². The van der Waals surface area contributed by atoms with Crippen molar-refractivity contribution in [1.29, 1.82) is 0 Å². The van der Waals surface area contributed by atoms with Gasteiger partial charge in [0.05, 0.1) is 0 Å². The largest absolute Gasteiger partial charge is 0.477 e. The molecular weight excluding hydrogens is 304 g/mol. The van der Waals surface area contributed by atoms with Gasteiger partial charge >= 0.3 is 5.97 Å².